The Morgan fingerprint density at radius 1 is 1.05 bits per heavy atom. The van der Waals surface area contributed by atoms with Crippen molar-refractivity contribution < 1.29 is 19.1 Å². The lowest BCUT2D eigenvalue weighted by Crippen LogP contribution is -2.25. The highest BCUT2D eigenvalue weighted by molar-refractivity contribution is 6.03. The first-order chi connectivity index (χ1) is 9.69. The Labute approximate surface area is 126 Å². The van der Waals surface area contributed by atoms with Crippen molar-refractivity contribution in [2.24, 2.45) is 0 Å². The molecule has 21 heavy (non-hydrogen) atoms. The summed E-state index contributed by atoms with van der Waals surface area (Å²) in [5, 5.41) is 0. The van der Waals surface area contributed by atoms with Crippen LogP contribution in [0.3, 0.4) is 0 Å². The van der Waals surface area contributed by atoms with Gasteiger partial charge in [-0.15, -0.1) is 0 Å². The molecule has 4 nitrogen and oxygen atoms in total. The molecule has 0 N–H and O–H groups in total. The number of carbonyl (C=O) groups excluding carboxylic acids is 2. The van der Waals surface area contributed by atoms with Crippen molar-refractivity contribution in [3.63, 3.8) is 0 Å². The second-order valence-electron chi connectivity index (χ2n) is 5.90. The minimum atomic E-state index is -0.611. The van der Waals surface area contributed by atoms with E-state index in [1.54, 1.807) is 39.8 Å². The molecule has 0 radical (unpaired) electrons. The number of aryl methyl sites for hydroxylation is 2. The Kier molecular flexibility index (Phi) is 5.53. The van der Waals surface area contributed by atoms with E-state index in [-0.39, 0.29) is 17.7 Å². The van der Waals surface area contributed by atoms with E-state index in [2.05, 4.69) is 0 Å². The summed E-state index contributed by atoms with van der Waals surface area (Å²) < 4.78 is 10.4. The van der Waals surface area contributed by atoms with Crippen molar-refractivity contribution >= 4 is 11.9 Å². The average molecular weight is 292 g/mol. The highest BCUT2D eigenvalue weighted by Gasteiger charge is 2.24. The molecule has 0 aromatic heterocycles. The zero-order valence-electron chi connectivity index (χ0n) is 13.7. The van der Waals surface area contributed by atoms with E-state index >= 15 is 0 Å². The Bertz CT molecular complexity index is 538. The van der Waals surface area contributed by atoms with Crippen molar-refractivity contribution in [2.75, 3.05) is 6.61 Å². The summed E-state index contributed by atoms with van der Waals surface area (Å²) in [4.78, 5) is 24.4. The lowest BCUT2D eigenvalue weighted by molar-refractivity contribution is 0.00642. The largest absolute Gasteiger partial charge is 0.462 e. The normalized spacial score (nSPS) is 11.1. The third kappa shape index (κ3) is 4.59. The van der Waals surface area contributed by atoms with Crippen molar-refractivity contribution in [1.29, 1.82) is 0 Å². The van der Waals surface area contributed by atoms with Gasteiger partial charge in [-0.05, 0) is 64.3 Å². The minimum Gasteiger partial charge on any atom is -0.462 e. The molecule has 0 bridgehead atoms. The fraction of sp³-hybridized carbons (Fsp3) is 0.529. The molecule has 0 aliphatic heterocycles. The van der Waals surface area contributed by atoms with Crippen LogP contribution in [0.15, 0.2) is 12.1 Å². The topological polar surface area (TPSA) is 52.6 Å². The molecule has 0 atom stereocenters. The molecule has 0 fully saturated rings. The van der Waals surface area contributed by atoms with Gasteiger partial charge in [0.2, 0.25) is 0 Å². The Morgan fingerprint density at radius 3 is 2.10 bits per heavy atom. The maximum atomic E-state index is 12.3. The van der Waals surface area contributed by atoms with Crippen molar-refractivity contribution in [3.8, 4) is 0 Å². The van der Waals surface area contributed by atoms with E-state index in [1.807, 2.05) is 13.8 Å². The van der Waals surface area contributed by atoms with Crippen LogP contribution in [-0.2, 0) is 15.9 Å². The Morgan fingerprint density at radius 2 is 1.62 bits per heavy atom. The lowest BCUT2D eigenvalue weighted by Gasteiger charge is -2.21. The second kappa shape index (κ2) is 6.74. The van der Waals surface area contributed by atoms with E-state index in [9.17, 15) is 9.59 Å². The summed E-state index contributed by atoms with van der Waals surface area (Å²) in [5.74, 6) is -0.996. The molecule has 0 spiro atoms. The van der Waals surface area contributed by atoms with Gasteiger partial charge in [-0.3, -0.25) is 0 Å². The molecule has 0 heterocycles. The molecule has 1 aromatic rings. The molecule has 0 saturated carbocycles. The summed E-state index contributed by atoms with van der Waals surface area (Å²) in [7, 11) is 0. The molecular formula is C17H24O4. The fourth-order valence-electron chi connectivity index (χ4n) is 2.01. The van der Waals surface area contributed by atoms with Crippen molar-refractivity contribution in [3.05, 3.63) is 34.4 Å². The van der Waals surface area contributed by atoms with Gasteiger partial charge < -0.3 is 9.47 Å². The number of rotatable bonds is 4. The van der Waals surface area contributed by atoms with Crippen molar-refractivity contribution in [2.45, 2.75) is 53.6 Å². The average Bonchev–Trinajstić information content (AvgIpc) is 2.36. The number of benzene rings is 1. The fourth-order valence-corrected chi connectivity index (χ4v) is 2.01. The van der Waals surface area contributed by atoms with Crippen LogP contribution in [0.1, 0.15) is 66.5 Å². The SMILES string of the molecule is CCOC(=O)c1cc(C)c(CC)cc1C(=O)OC(C)(C)C. The van der Waals surface area contributed by atoms with Crippen LogP contribution in [0.4, 0.5) is 0 Å². The summed E-state index contributed by atoms with van der Waals surface area (Å²) in [6.07, 6.45) is 0.782. The molecule has 4 heteroatoms. The number of carbonyl (C=O) groups is 2. The maximum absolute atomic E-state index is 12.3. The van der Waals surface area contributed by atoms with E-state index in [4.69, 9.17) is 9.47 Å². The van der Waals surface area contributed by atoms with Crippen LogP contribution in [-0.4, -0.2) is 24.1 Å². The van der Waals surface area contributed by atoms with E-state index < -0.39 is 17.5 Å². The predicted octanol–water partition coefficient (Wildman–Crippen LogP) is 3.69. The zero-order chi connectivity index (χ0) is 16.2. The van der Waals surface area contributed by atoms with E-state index in [1.165, 1.54) is 0 Å². The van der Waals surface area contributed by atoms with Gasteiger partial charge >= 0.3 is 11.9 Å². The standard InChI is InChI=1S/C17H24O4/c1-7-12-10-14(16(19)21-17(4,5)6)13(9-11(12)3)15(18)20-8-2/h9-10H,7-8H2,1-6H3. The number of ether oxygens (including phenoxy) is 2. The third-order valence-corrected chi connectivity index (χ3v) is 2.97. The molecular weight excluding hydrogens is 268 g/mol. The van der Waals surface area contributed by atoms with Crippen LogP contribution in [0.2, 0.25) is 0 Å². The van der Waals surface area contributed by atoms with Gasteiger partial charge in [0.05, 0.1) is 17.7 Å². The minimum absolute atomic E-state index is 0.265. The Hall–Kier alpha value is -1.84. The molecule has 0 saturated heterocycles. The molecule has 0 aliphatic rings. The van der Waals surface area contributed by atoms with Gasteiger partial charge in [0.1, 0.15) is 5.60 Å². The smallest absolute Gasteiger partial charge is 0.339 e. The maximum Gasteiger partial charge on any atom is 0.339 e. The molecule has 1 rings (SSSR count). The molecule has 1 aromatic carbocycles. The third-order valence-electron chi connectivity index (χ3n) is 2.97. The predicted molar refractivity (Wildman–Crippen MR) is 81.7 cm³/mol. The van der Waals surface area contributed by atoms with Gasteiger partial charge in [0, 0.05) is 0 Å². The van der Waals surface area contributed by atoms with E-state index in [0.29, 0.717) is 0 Å². The number of hydrogen-bond donors (Lipinski definition) is 0. The monoisotopic (exact) mass is 292 g/mol. The van der Waals surface area contributed by atoms with Crippen LogP contribution < -0.4 is 0 Å². The summed E-state index contributed by atoms with van der Waals surface area (Å²) in [5.41, 5.74) is 1.91. The molecule has 116 valence electrons. The van der Waals surface area contributed by atoms with Crippen LogP contribution in [0, 0.1) is 6.92 Å². The summed E-state index contributed by atoms with van der Waals surface area (Å²) >= 11 is 0. The molecule has 0 unspecified atom stereocenters. The first-order valence-corrected chi connectivity index (χ1v) is 7.23. The summed E-state index contributed by atoms with van der Waals surface area (Å²) in [6.45, 7) is 11.3. The highest BCUT2D eigenvalue weighted by atomic mass is 16.6. The quantitative estimate of drug-likeness (QED) is 0.794. The molecule has 0 aliphatic carbocycles. The second-order valence-corrected chi connectivity index (χ2v) is 5.90. The van der Waals surface area contributed by atoms with E-state index in [0.717, 1.165) is 17.5 Å². The Balaban J connectivity index is 3.32. The van der Waals surface area contributed by atoms with Gasteiger partial charge in [-0.1, -0.05) is 6.92 Å². The van der Waals surface area contributed by atoms with Gasteiger partial charge in [-0.2, -0.15) is 0 Å². The highest BCUT2D eigenvalue weighted by Crippen LogP contribution is 2.21. The van der Waals surface area contributed by atoms with Crippen molar-refractivity contribution in [1.82, 2.24) is 0 Å². The van der Waals surface area contributed by atoms with Gasteiger partial charge in [0.15, 0.2) is 0 Å². The number of hydrogen-bond acceptors (Lipinski definition) is 4. The van der Waals surface area contributed by atoms with Crippen LogP contribution >= 0.6 is 0 Å². The van der Waals surface area contributed by atoms with Gasteiger partial charge in [0.25, 0.3) is 0 Å². The summed E-state index contributed by atoms with van der Waals surface area (Å²) in [6, 6.07) is 3.44. The van der Waals surface area contributed by atoms with Crippen LogP contribution in [0.25, 0.3) is 0 Å². The lowest BCUT2D eigenvalue weighted by atomic mass is 9.97. The first-order valence-electron chi connectivity index (χ1n) is 7.23. The number of esters is 2. The first kappa shape index (κ1) is 17.2. The van der Waals surface area contributed by atoms with Crippen LogP contribution in [0.5, 0.6) is 0 Å². The zero-order valence-corrected chi connectivity index (χ0v) is 13.7. The van der Waals surface area contributed by atoms with Gasteiger partial charge in [-0.25, -0.2) is 9.59 Å². The molecule has 0 amide bonds.